The molecule has 1 amide bonds. The second kappa shape index (κ2) is 14.6. The van der Waals surface area contributed by atoms with Crippen LogP contribution in [0.25, 0.3) is 16.3 Å². The fraction of sp³-hybridized carbons (Fsp3) is 0.500. The molecule has 2 N–H and O–H groups in total. The third-order valence-electron chi connectivity index (χ3n) is 8.63. The van der Waals surface area contributed by atoms with Gasteiger partial charge in [-0.1, -0.05) is 60.7 Å². The van der Waals surface area contributed by atoms with E-state index in [1.54, 1.807) is 22.9 Å². The topological polar surface area (TPSA) is 99.6 Å². The Morgan fingerprint density at radius 2 is 1.67 bits per heavy atom. The van der Waals surface area contributed by atoms with Crippen LogP contribution in [0.2, 0.25) is 10.0 Å². The van der Waals surface area contributed by atoms with Crippen LogP contribution in [-0.4, -0.2) is 59.6 Å². The first-order valence-electron chi connectivity index (χ1n) is 15.8. The number of hydrazine groups is 1. The number of piperidine rings is 2. The third kappa shape index (κ3) is 7.76. The van der Waals surface area contributed by atoms with Crippen molar-refractivity contribution in [2.45, 2.75) is 70.8 Å². The van der Waals surface area contributed by atoms with Gasteiger partial charge < -0.3 is 0 Å². The molecule has 0 unspecified atom stereocenters. The van der Waals surface area contributed by atoms with Crippen molar-refractivity contribution in [1.29, 1.82) is 0 Å². The van der Waals surface area contributed by atoms with Gasteiger partial charge in [0.25, 0.3) is 16.1 Å². The Morgan fingerprint density at radius 1 is 0.956 bits per heavy atom. The molecule has 4 heterocycles. The van der Waals surface area contributed by atoms with E-state index < -0.39 is 16.1 Å². The van der Waals surface area contributed by atoms with Crippen LogP contribution in [0.1, 0.15) is 85.1 Å². The summed E-state index contributed by atoms with van der Waals surface area (Å²) in [5.74, 6) is 6.79. The number of halogens is 2. The molecule has 3 aromatic rings. The lowest BCUT2D eigenvalue weighted by Gasteiger charge is -2.27. The summed E-state index contributed by atoms with van der Waals surface area (Å²) < 4.78 is 32.7. The molecular weight excluding hydrogens is 651 g/mol. The van der Waals surface area contributed by atoms with Crippen molar-refractivity contribution in [1.82, 2.24) is 29.2 Å². The number of carbonyl (C=O) groups is 1. The van der Waals surface area contributed by atoms with E-state index in [0.29, 0.717) is 46.0 Å². The number of carbonyl (C=O) groups excluding carboxylic acids is 1. The minimum Gasteiger partial charge on any atom is -0.283 e. The van der Waals surface area contributed by atoms with Crippen LogP contribution in [0.3, 0.4) is 0 Å². The van der Waals surface area contributed by atoms with E-state index in [-0.39, 0.29) is 12.2 Å². The van der Waals surface area contributed by atoms with Crippen LogP contribution in [-0.2, 0) is 16.8 Å². The van der Waals surface area contributed by atoms with Gasteiger partial charge in [-0.25, -0.2) is 9.69 Å². The number of benzene rings is 1. The number of aromatic nitrogens is 2. The van der Waals surface area contributed by atoms with Crippen molar-refractivity contribution >= 4 is 50.7 Å². The highest BCUT2D eigenvalue weighted by atomic mass is 35.5. The summed E-state index contributed by atoms with van der Waals surface area (Å²) in [6.45, 7) is 2.31. The van der Waals surface area contributed by atoms with Crippen LogP contribution >= 0.6 is 34.5 Å². The summed E-state index contributed by atoms with van der Waals surface area (Å²) in [4.78, 5) is 15.6. The number of hydrogen-bond acceptors (Lipinski definition) is 6. The number of hydrogen-bond donors (Lipinski definition) is 2. The molecule has 0 atom stereocenters. The molecule has 6 rings (SSSR count). The zero-order valence-electron chi connectivity index (χ0n) is 25.2. The summed E-state index contributed by atoms with van der Waals surface area (Å²) >= 11 is 14.4. The normalized spacial score (nSPS) is 18.5. The zero-order valence-corrected chi connectivity index (χ0v) is 28.3. The zero-order chi connectivity index (χ0) is 31.4. The molecule has 9 nitrogen and oxygen atoms in total. The lowest BCUT2D eigenvalue weighted by Crippen LogP contribution is -2.46. The monoisotopic (exact) mass is 688 g/mol. The van der Waals surface area contributed by atoms with Crippen LogP contribution < -0.4 is 10.1 Å². The van der Waals surface area contributed by atoms with Gasteiger partial charge in [0.15, 0.2) is 5.69 Å². The number of nitrogens with zero attached hydrogens (tertiary/aromatic N) is 4. The summed E-state index contributed by atoms with van der Waals surface area (Å²) in [6, 6.07) is 9.02. The first-order valence-corrected chi connectivity index (χ1v) is 18.8. The number of amides is 1. The summed E-state index contributed by atoms with van der Waals surface area (Å²) in [6.07, 6.45) is 10.4. The van der Waals surface area contributed by atoms with Crippen LogP contribution in [0.15, 0.2) is 30.3 Å². The van der Waals surface area contributed by atoms with Crippen molar-refractivity contribution in [3.8, 4) is 28.1 Å². The molecule has 2 aromatic heterocycles. The first kappa shape index (κ1) is 32.5. The Morgan fingerprint density at radius 3 is 2.38 bits per heavy atom. The summed E-state index contributed by atoms with van der Waals surface area (Å²) in [5, 5.41) is 7.55. The molecule has 0 spiro atoms. The lowest BCUT2D eigenvalue weighted by molar-refractivity contribution is 0.0743. The minimum atomic E-state index is -3.79. The molecule has 1 aromatic carbocycles. The second-order valence-electron chi connectivity index (χ2n) is 11.9. The molecule has 240 valence electrons. The fourth-order valence-electron chi connectivity index (χ4n) is 6.22. The predicted molar refractivity (Wildman–Crippen MR) is 180 cm³/mol. The molecule has 3 fully saturated rings. The van der Waals surface area contributed by atoms with Gasteiger partial charge in [0, 0.05) is 49.2 Å². The van der Waals surface area contributed by atoms with Gasteiger partial charge in [0.05, 0.1) is 26.2 Å². The van der Waals surface area contributed by atoms with E-state index in [1.165, 1.54) is 28.5 Å². The Bertz CT molecular complexity index is 1690. The fourth-order valence-corrected chi connectivity index (χ4v) is 8.88. The molecule has 0 radical (unpaired) electrons. The maximum absolute atomic E-state index is 13.9. The van der Waals surface area contributed by atoms with Gasteiger partial charge in [0.1, 0.15) is 0 Å². The highest BCUT2D eigenvalue weighted by Gasteiger charge is 2.30. The largest absolute Gasteiger partial charge is 0.286 e. The van der Waals surface area contributed by atoms with Gasteiger partial charge >= 0.3 is 0 Å². The van der Waals surface area contributed by atoms with Crippen molar-refractivity contribution in [3.05, 3.63) is 56.5 Å². The SMILES string of the molecule is O=C(NN1CCCCC1)c1nn(-c2ccc(Cl)cc2Cl)c(-c2ccc(C#CC3CCCC3)s2)c1CNS(=O)(=O)N1CCCCC1. The predicted octanol–water partition coefficient (Wildman–Crippen LogP) is 6.40. The van der Waals surface area contributed by atoms with Crippen molar-refractivity contribution in [3.63, 3.8) is 0 Å². The smallest absolute Gasteiger partial charge is 0.283 e. The first-order chi connectivity index (χ1) is 21.8. The summed E-state index contributed by atoms with van der Waals surface area (Å²) in [7, 11) is -3.79. The molecule has 2 saturated heterocycles. The molecule has 1 aliphatic carbocycles. The highest BCUT2D eigenvalue weighted by molar-refractivity contribution is 7.87. The molecule has 1 saturated carbocycles. The second-order valence-corrected chi connectivity index (χ2v) is 15.6. The van der Waals surface area contributed by atoms with Crippen LogP contribution in [0.5, 0.6) is 0 Å². The van der Waals surface area contributed by atoms with Gasteiger partial charge in [-0.15, -0.1) is 11.3 Å². The molecule has 3 aliphatic rings. The van der Waals surface area contributed by atoms with Crippen molar-refractivity contribution < 1.29 is 13.2 Å². The van der Waals surface area contributed by atoms with Crippen LogP contribution in [0, 0.1) is 17.8 Å². The van der Waals surface area contributed by atoms with E-state index >= 15 is 0 Å². The highest BCUT2D eigenvalue weighted by Crippen LogP contribution is 2.37. The minimum absolute atomic E-state index is 0.122. The average molecular weight is 690 g/mol. The maximum Gasteiger partial charge on any atom is 0.286 e. The van der Waals surface area contributed by atoms with E-state index in [4.69, 9.17) is 28.3 Å². The molecule has 45 heavy (non-hydrogen) atoms. The Balaban J connectivity index is 1.44. The van der Waals surface area contributed by atoms with Gasteiger partial charge in [-0.3, -0.25) is 10.2 Å². The Kier molecular flexibility index (Phi) is 10.5. The third-order valence-corrected chi connectivity index (χ3v) is 11.7. The van der Waals surface area contributed by atoms with Crippen molar-refractivity contribution in [2.75, 3.05) is 26.2 Å². The lowest BCUT2D eigenvalue weighted by atomic mass is 10.1. The Hall–Kier alpha value is -2.43. The number of nitrogens with one attached hydrogen (secondary N) is 2. The van der Waals surface area contributed by atoms with E-state index in [0.717, 1.165) is 74.2 Å². The number of rotatable bonds is 8. The van der Waals surface area contributed by atoms with Gasteiger partial charge in [-0.05, 0) is 68.9 Å². The van der Waals surface area contributed by atoms with Gasteiger partial charge in [0.2, 0.25) is 0 Å². The number of thiophene rings is 1. The average Bonchev–Trinajstić information content (AvgIpc) is 3.80. The quantitative estimate of drug-likeness (QED) is 0.267. The van der Waals surface area contributed by atoms with Crippen LogP contribution in [0.4, 0.5) is 0 Å². The standard InChI is InChI=1S/C32H38Cl2N6O3S2/c33-24-12-15-28(27(34)21-24)40-31(29-16-14-25(44-29)13-11-23-9-3-4-10-23)26(22-35-45(42,43)39-19-7-2-8-20-39)30(36-40)32(41)37-38-17-5-1-6-18-38/h12,14-16,21,23,35H,1-10,17-20,22H2,(H,37,41). The molecule has 13 heteroatoms. The molecular formula is C32H38Cl2N6O3S2. The van der Waals surface area contributed by atoms with E-state index in [1.807, 2.05) is 17.1 Å². The van der Waals surface area contributed by atoms with Crippen molar-refractivity contribution in [2.24, 2.45) is 5.92 Å². The van der Waals surface area contributed by atoms with E-state index in [2.05, 4.69) is 22.0 Å². The summed E-state index contributed by atoms with van der Waals surface area (Å²) in [5.41, 5.74) is 4.73. The molecule has 0 bridgehead atoms. The van der Waals surface area contributed by atoms with E-state index in [9.17, 15) is 13.2 Å². The molecule has 2 aliphatic heterocycles. The maximum atomic E-state index is 13.9. The Labute approximate surface area is 279 Å². The van der Waals surface area contributed by atoms with Gasteiger partial charge in [-0.2, -0.15) is 22.5 Å².